The van der Waals surface area contributed by atoms with E-state index < -0.39 is 11.8 Å². The summed E-state index contributed by atoms with van der Waals surface area (Å²) in [6.45, 7) is 1.72. The number of nitrogens with zero attached hydrogens (tertiary/aromatic N) is 5. The van der Waals surface area contributed by atoms with E-state index >= 15 is 0 Å². The number of imidazole rings is 1. The summed E-state index contributed by atoms with van der Waals surface area (Å²) in [5.74, 6) is -0.260. The van der Waals surface area contributed by atoms with Crippen LogP contribution in [0.25, 0.3) is 22.3 Å². The van der Waals surface area contributed by atoms with Gasteiger partial charge in [-0.15, -0.1) is 0 Å². The fraction of sp³-hybridized carbons (Fsp3) is 0.214. The number of ether oxygens (including phenoxy) is 2. The van der Waals surface area contributed by atoms with E-state index in [1.54, 1.807) is 41.2 Å². The number of hydrogen-bond donors (Lipinski definition) is 0. The summed E-state index contributed by atoms with van der Waals surface area (Å²) < 4.78 is 28.4. The maximum atomic E-state index is 14.0. The van der Waals surface area contributed by atoms with Gasteiger partial charge < -0.3 is 14.0 Å². The zero-order valence-electron chi connectivity index (χ0n) is 21.3. The van der Waals surface area contributed by atoms with E-state index in [4.69, 9.17) is 35.8 Å². The van der Waals surface area contributed by atoms with Crippen molar-refractivity contribution in [2.45, 2.75) is 25.6 Å². The van der Waals surface area contributed by atoms with E-state index in [1.165, 1.54) is 19.2 Å². The third-order valence-corrected chi connectivity index (χ3v) is 6.73. The van der Waals surface area contributed by atoms with Crippen LogP contribution in [0.15, 0.2) is 67.0 Å². The number of carbonyl (C=O) groups is 1. The van der Waals surface area contributed by atoms with Crippen molar-refractivity contribution in [3.63, 3.8) is 0 Å². The lowest BCUT2D eigenvalue weighted by Gasteiger charge is -2.27. The molecule has 1 unspecified atom stereocenters. The van der Waals surface area contributed by atoms with Crippen LogP contribution in [0.3, 0.4) is 0 Å². The molecule has 5 aromatic rings. The van der Waals surface area contributed by atoms with Gasteiger partial charge in [0.05, 0.1) is 54.8 Å². The third-order valence-electron chi connectivity index (χ3n) is 6.49. The van der Waals surface area contributed by atoms with Crippen LogP contribution in [-0.4, -0.2) is 50.1 Å². The minimum Gasteiger partial charge on any atom is -0.465 e. The summed E-state index contributed by atoms with van der Waals surface area (Å²) in [6, 6.07) is 14.4. The minimum atomic E-state index is -0.652. The van der Waals surface area contributed by atoms with Gasteiger partial charge in [0.1, 0.15) is 5.82 Å². The van der Waals surface area contributed by atoms with Gasteiger partial charge in [-0.05, 0) is 48.9 Å². The van der Waals surface area contributed by atoms with Crippen LogP contribution in [0.1, 0.15) is 22.6 Å². The summed E-state index contributed by atoms with van der Waals surface area (Å²) in [5.41, 5.74) is 3.36. The standard InChI is InChI=1S/C28H23ClFN5O5/c1-37-28(36)17-5-7-23-24(11-17)35(15-20-9-10-38-20)26(32-23)16-34-14-18(13-31-34)22-3-2-4-27(33-22)40-39-25-8-6-19(29)12-21(25)30/h2-8,11-14,20H,9-10,15-16H2,1H3. The average molecular weight is 564 g/mol. The Hall–Kier alpha value is -4.48. The summed E-state index contributed by atoms with van der Waals surface area (Å²) >= 11 is 5.78. The molecule has 0 bridgehead atoms. The third kappa shape index (κ3) is 5.33. The fourth-order valence-corrected chi connectivity index (χ4v) is 4.51. The molecule has 1 fully saturated rings. The first-order chi connectivity index (χ1) is 19.5. The van der Waals surface area contributed by atoms with E-state index in [9.17, 15) is 9.18 Å². The van der Waals surface area contributed by atoms with Gasteiger partial charge in [0.2, 0.25) is 5.75 Å². The van der Waals surface area contributed by atoms with Crippen LogP contribution in [-0.2, 0) is 22.6 Å². The highest BCUT2D eigenvalue weighted by molar-refractivity contribution is 6.30. The Balaban J connectivity index is 1.22. The quantitative estimate of drug-likeness (QED) is 0.139. The molecule has 10 nitrogen and oxygen atoms in total. The highest BCUT2D eigenvalue weighted by Crippen LogP contribution is 2.25. The second-order valence-corrected chi connectivity index (χ2v) is 9.58. The molecule has 204 valence electrons. The maximum absolute atomic E-state index is 14.0. The first kappa shape index (κ1) is 25.8. The van der Waals surface area contributed by atoms with Crippen molar-refractivity contribution in [3.8, 4) is 22.9 Å². The highest BCUT2D eigenvalue weighted by atomic mass is 35.5. The molecule has 12 heteroatoms. The number of esters is 1. The molecule has 6 rings (SSSR count). The van der Waals surface area contributed by atoms with Crippen molar-refractivity contribution in [3.05, 3.63) is 89.2 Å². The number of hydrogen-bond acceptors (Lipinski definition) is 8. The second kappa shape index (κ2) is 10.9. The normalized spacial score (nSPS) is 14.6. The van der Waals surface area contributed by atoms with Crippen LogP contribution >= 0.6 is 11.6 Å². The van der Waals surface area contributed by atoms with Gasteiger partial charge in [-0.2, -0.15) is 5.10 Å². The van der Waals surface area contributed by atoms with Crippen LogP contribution in [0.4, 0.5) is 4.39 Å². The Kier molecular flexibility index (Phi) is 7.06. The number of rotatable bonds is 9. The number of carbonyl (C=O) groups excluding carboxylic acids is 1. The fourth-order valence-electron chi connectivity index (χ4n) is 4.35. The van der Waals surface area contributed by atoms with Gasteiger partial charge in [0.15, 0.2) is 5.82 Å². The lowest BCUT2D eigenvalue weighted by Crippen LogP contribution is -2.32. The van der Waals surface area contributed by atoms with Crippen LogP contribution in [0, 0.1) is 5.82 Å². The minimum absolute atomic E-state index is 0.0848. The molecule has 0 aliphatic carbocycles. The van der Waals surface area contributed by atoms with Crippen molar-refractivity contribution < 1.29 is 28.4 Å². The van der Waals surface area contributed by atoms with Crippen LogP contribution in [0.2, 0.25) is 5.02 Å². The van der Waals surface area contributed by atoms with Gasteiger partial charge >= 0.3 is 5.97 Å². The molecule has 0 amide bonds. The Morgan fingerprint density at radius 3 is 2.80 bits per heavy atom. The smallest absolute Gasteiger partial charge is 0.337 e. The molecule has 1 aliphatic rings. The van der Waals surface area contributed by atoms with Crippen molar-refractivity contribution in [1.29, 1.82) is 0 Å². The average Bonchev–Trinajstić information content (AvgIpc) is 3.54. The van der Waals surface area contributed by atoms with Gasteiger partial charge in [-0.3, -0.25) is 14.5 Å². The Morgan fingerprint density at radius 2 is 2.02 bits per heavy atom. The molecule has 40 heavy (non-hydrogen) atoms. The first-order valence-electron chi connectivity index (χ1n) is 12.5. The zero-order valence-corrected chi connectivity index (χ0v) is 22.0. The van der Waals surface area contributed by atoms with Gasteiger partial charge in [0, 0.05) is 29.5 Å². The topological polar surface area (TPSA) is 103 Å². The number of benzene rings is 2. The molecule has 1 aliphatic heterocycles. The molecule has 0 saturated carbocycles. The molecular weight excluding hydrogens is 541 g/mol. The molecule has 2 aromatic carbocycles. The Morgan fingerprint density at radius 1 is 1.15 bits per heavy atom. The van der Waals surface area contributed by atoms with Crippen molar-refractivity contribution in [2.24, 2.45) is 0 Å². The molecule has 1 saturated heterocycles. The Bertz CT molecular complexity index is 1700. The van der Waals surface area contributed by atoms with E-state index in [0.717, 1.165) is 41.5 Å². The molecule has 0 radical (unpaired) electrons. The lowest BCUT2D eigenvalue weighted by atomic mass is 10.1. The van der Waals surface area contributed by atoms with Crippen molar-refractivity contribution in [1.82, 2.24) is 24.3 Å². The SMILES string of the molecule is COC(=O)c1ccc2nc(Cn3cc(-c4cccc(OOc5ccc(Cl)cc5F)n4)cn3)n(CC3CCO3)c2c1. The summed E-state index contributed by atoms with van der Waals surface area (Å²) in [7, 11) is 1.36. The maximum Gasteiger partial charge on any atom is 0.337 e. The van der Waals surface area contributed by atoms with E-state index in [-0.39, 0.29) is 22.8 Å². The summed E-state index contributed by atoms with van der Waals surface area (Å²) in [6.07, 6.45) is 4.57. The van der Waals surface area contributed by atoms with E-state index in [2.05, 4.69) is 14.6 Å². The predicted molar refractivity (Wildman–Crippen MR) is 143 cm³/mol. The Labute approximate surface area is 232 Å². The number of halogens is 2. The first-order valence-corrected chi connectivity index (χ1v) is 12.8. The number of aromatic nitrogens is 5. The van der Waals surface area contributed by atoms with Crippen LogP contribution in [0.5, 0.6) is 11.6 Å². The van der Waals surface area contributed by atoms with Crippen LogP contribution < -0.4 is 9.78 Å². The van der Waals surface area contributed by atoms with Gasteiger partial charge in [0.25, 0.3) is 5.88 Å². The molecule has 0 N–H and O–H groups in total. The number of fused-ring (bicyclic) bond motifs is 1. The number of methoxy groups -OCH3 is 1. The van der Waals surface area contributed by atoms with Gasteiger partial charge in [-0.1, -0.05) is 17.7 Å². The summed E-state index contributed by atoms with van der Waals surface area (Å²) in [5, 5.41) is 4.75. The monoisotopic (exact) mass is 563 g/mol. The lowest BCUT2D eigenvalue weighted by molar-refractivity contribution is -0.107. The molecule has 3 aromatic heterocycles. The van der Waals surface area contributed by atoms with Crippen molar-refractivity contribution >= 4 is 28.6 Å². The molecule has 4 heterocycles. The molecular formula is C28H23ClFN5O5. The van der Waals surface area contributed by atoms with Crippen molar-refractivity contribution in [2.75, 3.05) is 13.7 Å². The summed E-state index contributed by atoms with van der Waals surface area (Å²) in [4.78, 5) is 31.7. The molecule has 1 atom stereocenters. The van der Waals surface area contributed by atoms with E-state index in [0.29, 0.717) is 24.3 Å². The highest BCUT2D eigenvalue weighted by Gasteiger charge is 2.23. The number of pyridine rings is 1. The van der Waals surface area contributed by atoms with E-state index in [1.807, 2.05) is 12.3 Å². The molecule has 0 spiro atoms. The predicted octanol–water partition coefficient (Wildman–Crippen LogP) is 5.08. The second-order valence-electron chi connectivity index (χ2n) is 9.14. The largest absolute Gasteiger partial charge is 0.465 e. The van der Waals surface area contributed by atoms with Gasteiger partial charge in [-0.25, -0.2) is 19.2 Å². The zero-order chi connectivity index (χ0) is 27.6.